The van der Waals surface area contributed by atoms with E-state index in [0.29, 0.717) is 12.5 Å². The van der Waals surface area contributed by atoms with Gasteiger partial charge in [0.1, 0.15) is 11.6 Å². The smallest absolute Gasteiger partial charge is 0.308 e. The Labute approximate surface area is 113 Å². The average Bonchev–Trinajstić information content (AvgIpc) is 2.32. The van der Waals surface area contributed by atoms with Crippen LogP contribution < -0.4 is 4.90 Å². The Morgan fingerprint density at radius 1 is 1.26 bits per heavy atom. The quantitative estimate of drug-likeness (QED) is 0.883. The molecule has 2 heterocycles. The van der Waals surface area contributed by atoms with Crippen molar-refractivity contribution < 1.29 is 9.90 Å². The molecule has 1 N–H and O–H groups in total. The number of aryl methyl sites for hydroxylation is 2. The Balaban J connectivity index is 2.33. The first-order chi connectivity index (χ1) is 8.88. The van der Waals surface area contributed by atoms with E-state index in [1.54, 1.807) is 0 Å². The number of hydrogen-bond acceptors (Lipinski definition) is 4. The van der Waals surface area contributed by atoms with Gasteiger partial charge in [0.25, 0.3) is 0 Å². The summed E-state index contributed by atoms with van der Waals surface area (Å²) in [5.74, 6) is 0.978. The second kappa shape index (κ2) is 5.15. The van der Waals surface area contributed by atoms with Crippen molar-refractivity contribution >= 4 is 11.8 Å². The van der Waals surface area contributed by atoms with Gasteiger partial charge in [0, 0.05) is 24.3 Å². The van der Waals surface area contributed by atoms with Gasteiger partial charge in [0.15, 0.2) is 0 Å². The van der Waals surface area contributed by atoms with Gasteiger partial charge in [-0.25, -0.2) is 9.97 Å². The number of aromatic nitrogens is 2. The summed E-state index contributed by atoms with van der Waals surface area (Å²) in [7, 11) is 0. The predicted molar refractivity (Wildman–Crippen MR) is 73.4 cm³/mol. The molecule has 19 heavy (non-hydrogen) atoms. The zero-order valence-electron chi connectivity index (χ0n) is 12.0. The lowest BCUT2D eigenvalue weighted by Crippen LogP contribution is -2.43. The van der Waals surface area contributed by atoms with Crippen molar-refractivity contribution in [2.24, 2.45) is 11.8 Å². The number of carboxylic acid groups (broad SMARTS) is 1. The van der Waals surface area contributed by atoms with Crippen molar-refractivity contribution in [3.05, 3.63) is 17.1 Å². The maximum atomic E-state index is 11.2. The maximum absolute atomic E-state index is 11.2. The Kier molecular flexibility index (Phi) is 3.73. The van der Waals surface area contributed by atoms with Crippen LogP contribution in [0.5, 0.6) is 0 Å². The van der Waals surface area contributed by atoms with Crippen molar-refractivity contribution in [3.63, 3.8) is 0 Å². The Bertz CT molecular complexity index is 502. The molecule has 0 spiro atoms. The van der Waals surface area contributed by atoms with Gasteiger partial charge in [-0.15, -0.1) is 0 Å². The van der Waals surface area contributed by atoms with E-state index in [9.17, 15) is 9.90 Å². The van der Waals surface area contributed by atoms with E-state index in [2.05, 4.69) is 21.8 Å². The van der Waals surface area contributed by atoms with Crippen molar-refractivity contribution in [1.82, 2.24) is 9.97 Å². The minimum Gasteiger partial charge on any atom is -0.481 e. The minimum absolute atomic E-state index is 0.307. The third-order valence-electron chi connectivity index (χ3n) is 3.78. The monoisotopic (exact) mass is 263 g/mol. The van der Waals surface area contributed by atoms with Crippen LogP contribution in [-0.4, -0.2) is 34.1 Å². The van der Waals surface area contributed by atoms with Crippen LogP contribution in [0.1, 0.15) is 30.4 Å². The molecule has 1 aromatic heterocycles. The van der Waals surface area contributed by atoms with E-state index in [-0.39, 0.29) is 5.92 Å². The number of aliphatic carboxylic acids is 1. The molecule has 1 saturated heterocycles. The first-order valence-electron chi connectivity index (χ1n) is 6.68. The Hall–Kier alpha value is -1.65. The Morgan fingerprint density at radius 2 is 1.95 bits per heavy atom. The lowest BCUT2D eigenvalue weighted by Gasteiger charge is -2.36. The summed E-state index contributed by atoms with van der Waals surface area (Å²) in [6.07, 6.45) is 0.744. The summed E-state index contributed by atoms with van der Waals surface area (Å²) in [6, 6.07) is 0. The number of hydrogen-bond donors (Lipinski definition) is 1. The molecule has 0 bridgehead atoms. The summed E-state index contributed by atoms with van der Waals surface area (Å²) < 4.78 is 0. The molecule has 2 atom stereocenters. The van der Waals surface area contributed by atoms with Crippen molar-refractivity contribution in [2.75, 3.05) is 18.0 Å². The molecular formula is C14H21N3O2. The van der Waals surface area contributed by atoms with E-state index >= 15 is 0 Å². The van der Waals surface area contributed by atoms with Gasteiger partial charge in [-0.2, -0.15) is 0 Å². The van der Waals surface area contributed by atoms with Gasteiger partial charge in [0.05, 0.1) is 5.92 Å². The van der Waals surface area contributed by atoms with Gasteiger partial charge >= 0.3 is 5.97 Å². The van der Waals surface area contributed by atoms with E-state index in [1.165, 1.54) is 0 Å². The number of anilines is 1. The molecule has 1 aliphatic heterocycles. The molecule has 5 nitrogen and oxygen atoms in total. The van der Waals surface area contributed by atoms with Gasteiger partial charge < -0.3 is 10.0 Å². The summed E-state index contributed by atoms with van der Waals surface area (Å²) in [4.78, 5) is 22.2. The van der Waals surface area contributed by atoms with Gasteiger partial charge in [0.2, 0.25) is 0 Å². The highest BCUT2D eigenvalue weighted by atomic mass is 16.4. The maximum Gasteiger partial charge on any atom is 0.308 e. The number of piperidine rings is 1. The number of carboxylic acids is 1. The molecule has 0 aliphatic carbocycles. The van der Waals surface area contributed by atoms with Gasteiger partial charge in [-0.1, -0.05) is 6.92 Å². The molecule has 1 fully saturated rings. The number of nitrogens with zero attached hydrogens (tertiary/aromatic N) is 3. The second-order valence-corrected chi connectivity index (χ2v) is 5.59. The first-order valence-corrected chi connectivity index (χ1v) is 6.68. The highest BCUT2D eigenvalue weighted by Gasteiger charge is 2.31. The highest BCUT2D eigenvalue weighted by Crippen LogP contribution is 2.28. The highest BCUT2D eigenvalue weighted by molar-refractivity contribution is 5.71. The fourth-order valence-corrected chi connectivity index (χ4v) is 2.76. The molecule has 0 amide bonds. The van der Waals surface area contributed by atoms with Crippen LogP contribution in [0.2, 0.25) is 0 Å². The zero-order chi connectivity index (χ0) is 14.2. The fraction of sp³-hybridized carbons (Fsp3) is 0.643. The largest absolute Gasteiger partial charge is 0.481 e. The molecule has 2 rings (SSSR count). The molecule has 1 aromatic rings. The van der Waals surface area contributed by atoms with Crippen LogP contribution in [0.3, 0.4) is 0 Å². The molecule has 0 radical (unpaired) electrons. The molecule has 104 valence electrons. The Morgan fingerprint density at radius 3 is 2.58 bits per heavy atom. The van der Waals surface area contributed by atoms with Crippen molar-refractivity contribution in [3.8, 4) is 0 Å². The van der Waals surface area contributed by atoms with Crippen molar-refractivity contribution in [2.45, 2.75) is 34.1 Å². The predicted octanol–water partition coefficient (Wildman–Crippen LogP) is 1.95. The van der Waals surface area contributed by atoms with Crippen LogP contribution in [0, 0.1) is 32.6 Å². The zero-order valence-corrected chi connectivity index (χ0v) is 12.0. The van der Waals surface area contributed by atoms with Crippen LogP contribution in [0.4, 0.5) is 5.82 Å². The summed E-state index contributed by atoms with van der Waals surface area (Å²) in [5.41, 5.74) is 2.01. The lowest BCUT2D eigenvalue weighted by atomic mass is 9.90. The van der Waals surface area contributed by atoms with E-state index in [4.69, 9.17) is 0 Å². The normalized spacial score (nSPS) is 23.5. The summed E-state index contributed by atoms with van der Waals surface area (Å²) >= 11 is 0. The van der Waals surface area contributed by atoms with Crippen LogP contribution in [-0.2, 0) is 4.79 Å². The molecule has 0 saturated carbocycles. The third-order valence-corrected chi connectivity index (χ3v) is 3.78. The molecular weight excluding hydrogens is 242 g/mol. The van der Waals surface area contributed by atoms with E-state index in [0.717, 1.165) is 35.9 Å². The van der Waals surface area contributed by atoms with Crippen LogP contribution >= 0.6 is 0 Å². The average molecular weight is 263 g/mol. The van der Waals surface area contributed by atoms with Gasteiger partial charge in [-0.05, 0) is 33.1 Å². The topological polar surface area (TPSA) is 66.3 Å². The molecule has 0 aromatic carbocycles. The molecule has 5 heteroatoms. The summed E-state index contributed by atoms with van der Waals surface area (Å²) in [5, 5.41) is 9.24. The second-order valence-electron chi connectivity index (χ2n) is 5.59. The third kappa shape index (κ3) is 2.85. The lowest BCUT2D eigenvalue weighted by molar-refractivity contribution is -0.142. The van der Waals surface area contributed by atoms with Crippen LogP contribution in [0.25, 0.3) is 0 Å². The SMILES string of the molecule is Cc1nc(C)c(C)c(N2CC(C)CC(C(=O)O)C2)n1. The minimum atomic E-state index is -0.711. The van der Waals surface area contributed by atoms with Crippen LogP contribution in [0.15, 0.2) is 0 Å². The first kappa shape index (κ1) is 13.8. The fourth-order valence-electron chi connectivity index (χ4n) is 2.76. The van der Waals surface area contributed by atoms with E-state index < -0.39 is 5.97 Å². The van der Waals surface area contributed by atoms with Crippen molar-refractivity contribution in [1.29, 1.82) is 0 Å². The molecule has 1 aliphatic rings. The standard InChI is InChI=1S/C14H21N3O2/c1-8-5-12(14(18)19)7-17(6-8)13-9(2)10(3)15-11(4)16-13/h8,12H,5-7H2,1-4H3,(H,18,19). The molecule has 2 unspecified atom stereocenters. The number of carbonyl (C=O) groups is 1. The summed E-state index contributed by atoms with van der Waals surface area (Å²) in [6.45, 7) is 9.34. The van der Waals surface area contributed by atoms with Gasteiger partial charge in [-0.3, -0.25) is 4.79 Å². The number of rotatable bonds is 2. The van der Waals surface area contributed by atoms with E-state index in [1.807, 2.05) is 20.8 Å².